The monoisotopic (exact) mass is 389 g/mol. The number of rotatable bonds is 9. The van der Waals surface area contributed by atoms with Crippen molar-refractivity contribution in [2.45, 2.75) is 13.2 Å². The van der Waals surface area contributed by atoms with Gasteiger partial charge in [-0.05, 0) is 35.4 Å². The van der Waals surface area contributed by atoms with Crippen molar-refractivity contribution >= 4 is 23.7 Å². The first kappa shape index (κ1) is 20.3. The van der Waals surface area contributed by atoms with Crippen LogP contribution < -0.4 is 10.8 Å². The molecule has 0 heterocycles. The van der Waals surface area contributed by atoms with Gasteiger partial charge in [0.1, 0.15) is 12.9 Å². The van der Waals surface area contributed by atoms with E-state index in [0.29, 0.717) is 11.1 Å². The highest BCUT2D eigenvalue weighted by molar-refractivity contribution is 5.85. The fraction of sp³-hybridized carbons (Fsp3) is 0.125. The Labute approximate surface area is 158 Å². The summed E-state index contributed by atoms with van der Waals surface area (Å²) in [5.74, 6) is 0. The summed E-state index contributed by atoms with van der Waals surface area (Å²) in [6, 6.07) is 10.7. The molecule has 2 rings (SSSR count). The Morgan fingerprint density at radius 2 is 1.43 bits per heavy atom. The quantitative estimate of drug-likeness (QED) is 0.288. The molecule has 0 bridgehead atoms. The molecule has 28 heavy (non-hydrogen) atoms. The lowest BCUT2D eigenvalue weighted by Gasteiger charge is -2.05. The lowest BCUT2D eigenvalue weighted by atomic mass is 10.2. The number of hydrogen-bond acceptors (Lipinski definition) is 8. The van der Waals surface area contributed by atoms with Crippen molar-refractivity contribution < 1.29 is 24.3 Å². The van der Waals surface area contributed by atoms with Crippen molar-refractivity contribution in [2.24, 2.45) is 5.16 Å². The highest BCUT2D eigenvalue weighted by atomic mass is 16.7. The standard InChI is InChI=1S/C16H15N5O7/c22-16(19-28-10-13-3-7-15(8-4-13)21(25)26)17-11-18-27-9-12-1-5-14(6-2-12)20(23)24/h1-8,11H,9-10H2,(H2,17,18,19,22). The van der Waals surface area contributed by atoms with Gasteiger partial charge in [0.25, 0.3) is 11.4 Å². The van der Waals surface area contributed by atoms with E-state index >= 15 is 0 Å². The van der Waals surface area contributed by atoms with Crippen molar-refractivity contribution in [3.05, 3.63) is 79.9 Å². The molecule has 2 aromatic rings. The van der Waals surface area contributed by atoms with Crippen LogP contribution in [0.3, 0.4) is 0 Å². The van der Waals surface area contributed by atoms with Crippen molar-refractivity contribution in [1.82, 2.24) is 10.8 Å². The SMILES string of the molecule is O=C(N/C=N/OCc1ccc([N+](=O)[O-])cc1)NOCc1ccc([N+](=O)[O-])cc1. The van der Waals surface area contributed by atoms with Gasteiger partial charge in [0.2, 0.25) is 0 Å². The van der Waals surface area contributed by atoms with Crippen molar-refractivity contribution in [2.75, 3.05) is 0 Å². The minimum Gasteiger partial charge on any atom is -0.390 e. The molecule has 2 amide bonds. The summed E-state index contributed by atoms with van der Waals surface area (Å²) in [6.45, 7) is 0.0770. The number of nitrogens with one attached hydrogen (secondary N) is 2. The molecule has 2 N–H and O–H groups in total. The van der Waals surface area contributed by atoms with E-state index in [9.17, 15) is 25.0 Å². The number of oxime groups is 1. The molecule has 0 saturated carbocycles. The predicted molar refractivity (Wildman–Crippen MR) is 95.9 cm³/mol. The van der Waals surface area contributed by atoms with Crippen molar-refractivity contribution in [1.29, 1.82) is 0 Å². The molecule has 0 spiro atoms. The lowest BCUT2D eigenvalue weighted by molar-refractivity contribution is -0.385. The van der Waals surface area contributed by atoms with Gasteiger partial charge in [-0.15, -0.1) is 0 Å². The van der Waals surface area contributed by atoms with Crippen LogP contribution in [0.2, 0.25) is 0 Å². The van der Waals surface area contributed by atoms with Crippen LogP contribution >= 0.6 is 0 Å². The van der Waals surface area contributed by atoms with Crippen molar-refractivity contribution in [3.8, 4) is 0 Å². The van der Waals surface area contributed by atoms with Gasteiger partial charge in [-0.2, -0.15) is 0 Å². The van der Waals surface area contributed by atoms with E-state index < -0.39 is 15.9 Å². The van der Waals surface area contributed by atoms with Crippen LogP contribution in [0.25, 0.3) is 0 Å². The van der Waals surface area contributed by atoms with Crippen LogP contribution in [-0.2, 0) is 22.9 Å². The maximum atomic E-state index is 11.5. The summed E-state index contributed by atoms with van der Waals surface area (Å²) in [5, 5.41) is 26.8. The first-order valence-corrected chi connectivity index (χ1v) is 7.74. The third-order valence-corrected chi connectivity index (χ3v) is 3.25. The second kappa shape index (κ2) is 10.2. The van der Waals surface area contributed by atoms with Crippen LogP contribution in [0.15, 0.2) is 53.7 Å². The highest BCUT2D eigenvalue weighted by Gasteiger charge is 2.05. The lowest BCUT2D eigenvalue weighted by Crippen LogP contribution is -2.34. The molecule has 12 nitrogen and oxygen atoms in total. The minimum atomic E-state index is -0.704. The zero-order valence-corrected chi connectivity index (χ0v) is 14.3. The van der Waals surface area contributed by atoms with Crippen LogP contribution in [0.5, 0.6) is 0 Å². The van der Waals surface area contributed by atoms with Gasteiger partial charge < -0.3 is 4.84 Å². The minimum absolute atomic E-state index is 0.0131. The topological polar surface area (TPSA) is 158 Å². The highest BCUT2D eigenvalue weighted by Crippen LogP contribution is 2.13. The number of hydrogen-bond donors (Lipinski definition) is 2. The second-order valence-electron chi connectivity index (χ2n) is 5.22. The van der Waals surface area contributed by atoms with E-state index in [4.69, 9.17) is 9.68 Å². The number of hydroxylamine groups is 1. The molecule has 0 aromatic heterocycles. The van der Waals surface area contributed by atoms with E-state index in [0.717, 1.165) is 6.34 Å². The summed E-state index contributed by atoms with van der Waals surface area (Å²) in [5.41, 5.74) is 3.32. The molecule has 0 atom stereocenters. The fourth-order valence-electron chi connectivity index (χ4n) is 1.88. The number of benzene rings is 2. The van der Waals surface area contributed by atoms with E-state index in [1.807, 2.05) is 0 Å². The smallest absolute Gasteiger partial charge is 0.343 e. The fourth-order valence-corrected chi connectivity index (χ4v) is 1.88. The van der Waals surface area contributed by atoms with Gasteiger partial charge in [-0.25, -0.2) is 10.3 Å². The second-order valence-corrected chi connectivity index (χ2v) is 5.22. The summed E-state index contributed by atoms with van der Waals surface area (Å²) < 4.78 is 0. The van der Waals surface area contributed by atoms with Gasteiger partial charge in [0.15, 0.2) is 0 Å². The first-order valence-electron chi connectivity index (χ1n) is 7.74. The van der Waals surface area contributed by atoms with E-state index in [-0.39, 0.29) is 24.6 Å². The number of carbonyl (C=O) groups excluding carboxylic acids is 1. The number of carbonyl (C=O) groups is 1. The number of nitro groups is 2. The third-order valence-electron chi connectivity index (χ3n) is 3.25. The van der Waals surface area contributed by atoms with E-state index in [1.54, 1.807) is 0 Å². The van der Waals surface area contributed by atoms with Gasteiger partial charge in [-0.3, -0.25) is 30.4 Å². The number of non-ortho nitro benzene ring substituents is 2. The zero-order valence-electron chi connectivity index (χ0n) is 14.3. The number of nitro benzene ring substituents is 2. The summed E-state index contributed by atoms with van der Waals surface area (Å²) in [4.78, 5) is 41.4. The molecule has 146 valence electrons. The average molecular weight is 389 g/mol. The molecule has 0 aliphatic rings. The van der Waals surface area contributed by atoms with Crippen molar-refractivity contribution in [3.63, 3.8) is 0 Å². The molecular weight excluding hydrogens is 374 g/mol. The molecule has 0 aliphatic carbocycles. The van der Waals surface area contributed by atoms with Crippen LogP contribution in [0.4, 0.5) is 16.2 Å². The van der Waals surface area contributed by atoms with Gasteiger partial charge in [0.05, 0.1) is 16.5 Å². The maximum absolute atomic E-state index is 11.5. The van der Waals surface area contributed by atoms with Gasteiger partial charge in [-0.1, -0.05) is 5.16 Å². The number of urea groups is 1. The van der Waals surface area contributed by atoms with Gasteiger partial charge >= 0.3 is 6.03 Å². The maximum Gasteiger partial charge on any atom is 0.343 e. The van der Waals surface area contributed by atoms with Crippen LogP contribution in [0, 0.1) is 20.2 Å². The molecule has 0 aliphatic heterocycles. The molecule has 0 unspecified atom stereocenters. The summed E-state index contributed by atoms with van der Waals surface area (Å²) in [7, 11) is 0. The zero-order chi connectivity index (χ0) is 20.4. The predicted octanol–water partition coefficient (Wildman–Crippen LogP) is 2.39. The Bertz CT molecular complexity index is 853. The molecule has 2 aromatic carbocycles. The normalized spacial score (nSPS) is 10.4. The molecule has 0 fully saturated rings. The summed E-state index contributed by atoms with van der Waals surface area (Å²) in [6.07, 6.45) is 0.996. The third kappa shape index (κ3) is 6.68. The van der Waals surface area contributed by atoms with Crippen LogP contribution in [-0.4, -0.2) is 22.2 Å². The van der Waals surface area contributed by atoms with Gasteiger partial charge in [0, 0.05) is 24.3 Å². The first-order chi connectivity index (χ1) is 13.5. The molecule has 0 radical (unpaired) electrons. The summed E-state index contributed by atoms with van der Waals surface area (Å²) >= 11 is 0. The number of nitrogens with zero attached hydrogens (tertiary/aromatic N) is 3. The van der Waals surface area contributed by atoms with Crippen LogP contribution in [0.1, 0.15) is 11.1 Å². The van der Waals surface area contributed by atoms with E-state index in [1.165, 1.54) is 48.5 Å². The largest absolute Gasteiger partial charge is 0.390 e. The Morgan fingerprint density at radius 1 is 0.929 bits per heavy atom. The molecular formula is C16H15N5O7. The number of amides is 2. The Kier molecular flexibility index (Phi) is 7.36. The Morgan fingerprint density at radius 3 is 1.93 bits per heavy atom. The molecule has 0 saturated heterocycles. The average Bonchev–Trinajstić information content (AvgIpc) is 2.68. The van der Waals surface area contributed by atoms with E-state index in [2.05, 4.69) is 16.0 Å². The Balaban J connectivity index is 1.62. The molecule has 12 heteroatoms. The Hall–Kier alpha value is -4.06.